The number of hydrogen-bond donors (Lipinski definition) is 1. The molecule has 21 heavy (non-hydrogen) atoms. The molecule has 0 unspecified atom stereocenters. The second-order valence-corrected chi connectivity index (χ2v) is 5.74. The molecule has 4 heterocycles. The number of aryl methyl sites for hydroxylation is 1. The van der Waals surface area contributed by atoms with Crippen LogP contribution in [-0.4, -0.2) is 38.2 Å². The molecule has 0 radical (unpaired) electrons. The molecule has 0 saturated carbocycles. The van der Waals surface area contributed by atoms with Crippen molar-refractivity contribution < 1.29 is 0 Å². The summed E-state index contributed by atoms with van der Waals surface area (Å²) < 4.78 is 3.90. The van der Waals surface area contributed by atoms with Crippen molar-refractivity contribution in [1.29, 1.82) is 0 Å². The third-order valence-electron chi connectivity index (χ3n) is 3.47. The van der Waals surface area contributed by atoms with Crippen molar-refractivity contribution in [2.75, 3.05) is 18.0 Å². The van der Waals surface area contributed by atoms with Crippen LogP contribution in [0.15, 0.2) is 35.0 Å². The van der Waals surface area contributed by atoms with E-state index in [9.17, 15) is 0 Å². The van der Waals surface area contributed by atoms with Crippen molar-refractivity contribution in [2.45, 2.75) is 6.54 Å². The van der Waals surface area contributed by atoms with Gasteiger partial charge in [0.15, 0.2) is 16.7 Å². The van der Waals surface area contributed by atoms with Crippen LogP contribution in [0.1, 0.15) is 5.69 Å². The first-order valence-electron chi connectivity index (χ1n) is 6.76. The number of thiazole rings is 1. The van der Waals surface area contributed by atoms with Crippen LogP contribution >= 0.6 is 11.3 Å². The van der Waals surface area contributed by atoms with Crippen molar-refractivity contribution in [2.24, 2.45) is 12.0 Å². The van der Waals surface area contributed by atoms with Gasteiger partial charge in [-0.25, -0.2) is 4.98 Å². The number of aromatic nitrogens is 4. The van der Waals surface area contributed by atoms with E-state index in [-0.39, 0.29) is 0 Å². The van der Waals surface area contributed by atoms with Crippen LogP contribution in [0.2, 0.25) is 0 Å². The van der Waals surface area contributed by atoms with Crippen molar-refractivity contribution in [3.63, 3.8) is 0 Å². The number of hydrogen-bond acceptors (Lipinski definition) is 6. The van der Waals surface area contributed by atoms with E-state index >= 15 is 0 Å². The van der Waals surface area contributed by atoms with Gasteiger partial charge in [0.05, 0.1) is 25.0 Å². The number of rotatable bonds is 3. The Bertz CT molecular complexity index is 796. The van der Waals surface area contributed by atoms with Gasteiger partial charge in [-0.05, 0) is 0 Å². The molecule has 3 aromatic heterocycles. The highest BCUT2D eigenvalue weighted by molar-refractivity contribution is 7.15. The highest BCUT2D eigenvalue weighted by Gasteiger charge is 2.20. The van der Waals surface area contributed by atoms with Gasteiger partial charge in [0, 0.05) is 37.4 Å². The molecule has 3 aromatic rings. The van der Waals surface area contributed by atoms with Crippen LogP contribution in [0.5, 0.6) is 0 Å². The van der Waals surface area contributed by atoms with Gasteiger partial charge in [0.25, 0.3) is 0 Å². The zero-order valence-corrected chi connectivity index (χ0v) is 12.4. The smallest absolute Gasteiger partial charge is 0.200 e. The molecule has 8 heteroatoms. The minimum Gasteiger partial charge on any atom is -0.350 e. The van der Waals surface area contributed by atoms with E-state index in [0.717, 1.165) is 35.5 Å². The zero-order valence-electron chi connectivity index (χ0n) is 11.6. The predicted octanol–water partition coefficient (Wildman–Crippen LogP) is 1.10. The molecule has 108 valence electrons. The van der Waals surface area contributed by atoms with Gasteiger partial charge in [-0.2, -0.15) is 5.10 Å². The molecule has 0 aromatic carbocycles. The first kappa shape index (κ1) is 12.4. The quantitative estimate of drug-likeness (QED) is 0.787. The molecular weight excluding hydrogens is 286 g/mol. The number of guanidine groups is 1. The van der Waals surface area contributed by atoms with E-state index in [1.807, 2.05) is 37.1 Å². The van der Waals surface area contributed by atoms with E-state index in [1.54, 1.807) is 16.0 Å². The summed E-state index contributed by atoms with van der Waals surface area (Å²) in [7, 11) is 1.92. The second kappa shape index (κ2) is 4.88. The van der Waals surface area contributed by atoms with Crippen LogP contribution in [0, 0.1) is 0 Å². The Labute approximate surface area is 125 Å². The van der Waals surface area contributed by atoms with Crippen LogP contribution < -0.4 is 10.2 Å². The minimum absolute atomic E-state index is 0.695. The summed E-state index contributed by atoms with van der Waals surface area (Å²) in [6.07, 6.45) is 5.88. The number of nitrogens with zero attached hydrogens (tertiary/aromatic N) is 6. The van der Waals surface area contributed by atoms with Crippen LogP contribution in [0.3, 0.4) is 0 Å². The van der Waals surface area contributed by atoms with Crippen LogP contribution in [0.25, 0.3) is 4.96 Å². The van der Waals surface area contributed by atoms with E-state index in [0.29, 0.717) is 6.54 Å². The average Bonchev–Trinajstić information content (AvgIpc) is 3.21. The lowest BCUT2D eigenvalue weighted by molar-refractivity contribution is 0.760. The molecule has 0 bridgehead atoms. The summed E-state index contributed by atoms with van der Waals surface area (Å²) in [6.45, 7) is 2.35. The molecule has 0 spiro atoms. The fraction of sp³-hybridized carbons (Fsp3) is 0.308. The van der Waals surface area contributed by atoms with Gasteiger partial charge in [0.1, 0.15) is 0 Å². The maximum absolute atomic E-state index is 4.53. The largest absolute Gasteiger partial charge is 0.350 e. The summed E-state index contributed by atoms with van der Waals surface area (Å²) in [4.78, 5) is 12.0. The Hall–Kier alpha value is -2.35. The molecular formula is C13H15N7S. The van der Waals surface area contributed by atoms with Crippen molar-refractivity contribution in [3.8, 4) is 0 Å². The maximum atomic E-state index is 4.53. The topological polar surface area (TPSA) is 62.8 Å². The third kappa shape index (κ3) is 2.17. The van der Waals surface area contributed by atoms with E-state index in [1.165, 1.54) is 0 Å². The molecule has 1 N–H and O–H groups in total. The summed E-state index contributed by atoms with van der Waals surface area (Å²) >= 11 is 1.64. The maximum Gasteiger partial charge on any atom is 0.200 e. The third-order valence-corrected chi connectivity index (χ3v) is 4.24. The molecule has 1 aliphatic rings. The Morgan fingerprint density at radius 3 is 3.19 bits per heavy atom. The van der Waals surface area contributed by atoms with Crippen LogP contribution in [0.4, 0.5) is 5.82 Å². The van der Waals surface area contributed by atoms with Gasteiger partial charge >= 0.3 is 0 Å². The van der Waals surface area contributed by atoms with Gasteiger partial charge < -0.3 is 5.32 Å². The fourth-order valence-corrected chi connectivity index (χ4v) is 3.15. The Morgan fingerprint density at radius 1 is 1.38 bits per heavy atom. The highest BCUT2D eigenvalue weighted by atomic mass is 32.1. The molecule has 0 atom stereocenters. The fourth-order valence-electron chi connectivity index (χ4n) is 2.44. The van der Waals surface area contributed by atoms with Crippen LogP contribution in [-0.2, 0) is 13.6 Å². The summed E-state index contributed by atoms with van der Waals surface area (Å²) in [5.74, 6) is 1.80. The minimum atomic E-state index is 0.695. The Kier molecular flexibility index (Phi) is 2.88. The summed E-state index contributed by atoms with van der Waals surface area (Å²) in [5, 5.41) is 9.87. The first-order chi connectivity index (χ1) is 10.3. The second-order valence-electron chi connectivity index (χ2n) is 4.86. The summed E-state index contributed by atoms with van der Waals surface area (Å²) in [6, 6.07) is 2.00. The normalized spacial score (nSPS) is 14.9. The van der Waals surface area contributed by atoms with Gasteiger partial charge in [0.2, 0.25) is 0 Å². The molecule has 7 nitrogen and oxygen atoms in total. The molecule has 0 fully saturated rings. The van der Waals surface area contributed by atoms with E-state index in [4.69, 9.17) is 0 Å². The summed E-state index contributed by atoms with van der Waals surface area (Å²) in [5.41, 5.74) is 1.13. The van der Waals surface area contributed by atoms with Gasteiger partial charge in [-0.15, -0.1) is 11.3 Å². The van der Waals surface area contributed by atoms with Gasteiger partial charge in [-0.3, -0.25) is 19.0 Å². The van der Waals surface area contributed by atoms with E-state index < -0.39 is 0 Å². The Balaban J connectivity index is 1.50. The Morgan fingerprint density at radius 2 is 2.33 bits per heavy atom. The van der Waals surface area contributed by atoms with Crippen molar-refractivity contribution >= 4 is 28.1 Å². The monoisotopic (exact) mass is 301 g/mol. The van der Waals surface area contributed by atoms with Crippen molar-refractivity contribution in [1.82, 2.24) is 24.5 Å². The molecule has 0 saturated heterocycles. The SMILES string of the molecule is Cn1ccc(N2CCN=C2NCc2cnc3sccn23)n1. The van der Waals surface area contributed by atoms with Crippen molar-refractivity contribution in [3.05, 3.63) is 35.7 Å². The number of fused-ring (bicyclic) bond motifs is 1. The lowest BCUT2D eigenvalue weighted by atomic mass is 10.4. The highest BCUT2D eigenvalue weighted by Crippen LogP contribution is 2.15. The number of imidazole rings is 1. The average molecular weight is 301 g/mol. The number of anilines is 1. The number of nitrogens with one attached hydrogen (secondary N) is 1. The van der Waals surface area contributed by atoms with Gasteiger partial charge in [-0.1, -0.05) is 0 Å². The molecule has 4 rings (SSSR count). The number of aliphatic imine (C=N–C) groups is 1. The standard InChI is InChI=1S/C13H15N7S/c1-18-4-2-11(17-18)20-5-3-14-12(20)15-8-10-9-16-13-19(10)6-7-21-13/h2,4,6-7,9H,3,5,8H2,1H3,(H,14,15). The lowest BCUT2D eigenvalue weighted by Gasteiger charge is -2.18. The predicted molar refractivity (Wildman–Crippen MR) is 82.8 cm³/mol. The zero-order chi connectivity index (χ0) is 14.2. The molecule has 0 aliphatic carbocycles. The molecule has 0 amide bonds. The first-order valence-corrected chi connectivity index (χ1v) is 7.64. The van der Waals surface area contributed by atoms with E-state index in [2.05, 4.69) is 29.7 Å². The molecule has 1 aliphatic heterocycles. The lowest BCUT2D eigenvalue weighted by Crippen LogP contribution is -2.38.